The molecule has 0 aliphatic heterocycles. The zero-order valence-electron chi connectivity index (χ0n) is 16.2. The molecule has 2 atom stereocenters. The highest BCUT2D eigenvalue weighted by Crippen LogP contribution is 2.47. The quantitative estimate of drug-likeness (QED) is 0.463. The van der Waals surface area contributed by atoms with E-state index in [4.69, 9.17) is 16.3 Å². The van der Waals surface area contributed by atoms with Gasteiger partial charge in [-0.25, -0.2) is 4.39 Å². The van der Waals surface area contributed by atoms with E-state index in [1.54, 1.807) is 74.5 Å². The Morgan fingerprint density at radius 1 is 0.966 bits per heavy atom. The molecule has 0 bridgehead atoms. The second-order valence-corrected chi connectivity index (χ2v) is 7.62. The van der Waals surface area contributed by atoms with Crippen LogP contribution in [0.5, 0.6) is 11.5 Å². The Labute approximate surface area is 174 Å². The predicted octanol–water partition coefficient (Wildman–Crippen LogP) is 6.82. The third kappa shape index (κ3) is 4.13. The van der Waals surface area contributed by atoms with E-state index in [0.717, 1.165) is 0 Å². The van der Waals surface area contributed by atoms with Crippen molar-refractivity contribution in [2.75, 3.05) is 0 Å². The molecule has 5 heteroatoms. The van der Waals surface area contributed by atoms with Crippen molar-refractivity contribution in [3.8, 4) is 11.5 Å². The largest absolute Gasteiger partial charge is 0.480 e. The summed E-state index contributed by atoms with van der Waals surface area (Å²) in [6.45, 7) is 3.42. The molecule has 0 aliphatic rings. The molecule has 0 fully saturated rings. The van der Waals surface area contributed by atoms with Gasteiger partial charge < -0.3 is 9.84 Å². The van der Waals surface area contributed by atoms with E-state index in [1.165, 1.54) is 0 Å². The highest BCUT2D eigenvalue weighted by Gasteiger charge is 2.51. The van der Waals surface area contributed by atoms with Gasteiger partial charge >= 0.3 is 5.97 Å². The zero-order valence-corrected chi connectivity index (χ0v) is 16.9. The number of carbonyl (C=O) groups is 1. The van der Waals surface area contributed by atoms with Gasteiger partial charge in [0.05, 0.1) is 0 Å². The average Bonchev–Trinajstić information content (AvgIpc) is 2.70. The van der Waals surface area contributed by atoms with Crippen LogP contribution in [0, 0.1) is 5.92 Å². The molecular formula is C24H22ClFO3. The summed E-state index contributed by atoms with van der Waals surface area (Å²) in [5.41, 5.74) is -1.16. The number of carboxylic acid groups (broad SMARTS) is 1. The van der Waals surface area contributed by atoms with Crippen LogP contribution >= 0.6 is 11.6 Å². The van der Waals surface area contributed by atoms with E-state index in [2.05, 4.69) is 0 Å². The summed E-state index contributed by atoms with van der Waals surface area (Å²) in [6.07, 6.45) is -1.79. The van der Waals surface area contributed by atoms with E-state index >= 15 is 4.39 Å². The number of alkyl halides is 1. The maximum absolute atomic E-state index is 16.0. The first-order chi connectivity index (χ1) is 13.9. The summed E-state index contributed by atoms with van der Waals surface area (Å²) in [5.74, 6) is -0.687. The van der Waals surface area contributed by atoms with E-state index < -0.39 is 23.5 Å². The Kier molecular flexibility index (Phi) is 6.23. The standard InChI is InChI=1S/C24H22ClFO3/c1-16(2)24(23(27)28,18-11-13-19(25)14-12-18)22(26)17-7-6-10-21(15-17)29-20-8-4-3-5-9-20/h3-16,22H,1-2H3,(H,27,28). The van der Waals surface area contributed by atoms with Crippen molar-refractivity contribution in [2.24, 2.45) is 5.92 Å². The lowest BCUT2D eigenvalue weighted by molar-refractivity contribution is -0.149. The fourth-order valence-electron chi connectivity index (χ4n) is 3.60. The highest BCUT2D eigenvalue weighted by atomic mass is 35.5. The molecule has 3 aromatic rings. The fraction of sp³-hybridized carbons (Fsp3) is 0.208. The number of aliphatic carboxylic acids is 1. The molecule has 0 saturated heterocycles. The van der Waals surface area contributed by atoms with Crippen LogP contribution in [-0.2, 0) is 10.2 Å². The molecule has 0 spiro atoms. The molecule has 150 valence electrons. The van der Waals surface area contributed by atoms with Crippen LogP contribution in [0.25, 0.3) is 0 Å². The van der Waals surface area contributed by atoms with Crippen LogP contribution in [0.4, 0.5) is 4.39 Å². The number of carboxylic acids is 1. The van der Waals surface area contributed by atoms with E-state index in [-0.39, 0.29) is 5.56 Å². The maximum Gasteiger partial charge on any atom is 0.317 e. The molecule has 3 aromatic carbocycles. The number of rotatable bonds is 7. The maximum atomic E-state index is 16.0. The Morgan fingerprint density at radius 3 is 2.17 bits per heavy atom. The number of halogens is 2. The minimum Gasteiger partial charge on any atom is -0.480 e. The first-order valence-corrected chi connectivity index (χ1v) is 9.70. The van der Waals surface area contributed by atoms with Crippen LogP contribution in [0.1, 0.15) is 31.1 Å². The van der Waals surface area contributed by atoms with E-state index in [0.29, 0.717) is 22.1 Å². The smallest absolute Gasteiger partial charge is 0.317 e. The Morgan fingerprint density at radius 2 is 1.59 bits per heavy atom. The van der Waals surface area contributed by atoms with Crippen molar-refractivity contribution in [2.45, 2.75) is 25.4 Å². The van der Waals surface area contributed by atoms with Crippen LogP contribution in [-0.4, -0.2) is 11.1 Å². The minimum absolute atomic E-state index is 0.240. The van der Waals surface area contributed by atoms with Gasteiger partial charge in [-0.1, -0.05) is 67.9 Å². The molecule has 3 nitrogen and oxygen atoms in total. The highest BCUT2D eigenvalue weighted by molar-refractivity contribution is 6.30. The average molecular weight is 413 g/mol. The monoisotopic (exact) mass is 412 g/mol. The number of ether oxygens (including phenoxy) is 1. The van der Waals surface area contributed by atoms with Gasteiger partial charge in [0.25, 0.3) is 0 Å². The van der Waals surface area contributed by atoms with Crippen molar-refractivity contribution >= 4 is 17.6 Å². The van der Waals surface area contributed by atoms with Gasteiger partial charge in [-0.15, -0.1) is 0 Å². The third-order valence-electron chi connectivity index (χ3n) is 5.12. The predicted molar refractivity (Wildman–Crippen MR) is 112 cm³/mol. The lowest BCUT2D eigenvalue weighted by Gasteiger charge is -2.37. The Hall–Kier alpha value is -2.85. The van der Waals surface area contributed by atoms with Crippen LogP contribution in [0.15, 0.2) is 78.9 Å². The molecule has 3 rings (SSSR count). The second-order valence-electron chi connectivity index (χ2n) is 7.19. The summed E-state index contributed by atoms with van der Waals surface area (Å²) in [7, 11) is 0. The van der Waals surface area contributed by atoms with Crippen LogP contribution in [0.3, 0.4) is 0 Å². The number of para-hydroxylation sites is 1. The Bertz CT molecular complexity index is 973. The summed E-state index contributed by atoms with van der Waals surface area (Å²) < 4.78 is 21.8. The lowest BCUT2D eigenvalue weighted by atomic mass is 9.66. The third-order valence-corrected chi connectivity index (χ3v) is 5.37. The van der Waals surface area contributed by atoms with Gasteiger partial charge in [0, 0.05) is 5.02 Å². The zero-order chi connectivity index (χ0) is 21.0. The summed E-state index contributed by atoms with van der Waals surface area (Å²) in [4.78, 5) is 12.4. The molecule has 0 heterocycles. The normalized spacial score (nSPS) is 14.2. The van der Waals surface area contributed by atoms with Crippen molar-refractivity contribution in [1.29, 1.82) is 0 Å². The first kappa shape index (κ1) is 20.9. The SMILES string of the molecule is CC(C)C(C(=O)O)(c1ccc(Cl)cc1)C(F)c1cccc(Oc2ccccc2)c1. The van der Waals surface area contributed by atoms with Gasteiger partial charge in [-0.2, -0.15) is 0 Å². The van der Waals surface area contributed by atoms with Gasteiger partial charge in [0.2, 0.25) is 0 Å². The summed E-state index contributed by atoms with van der Waals surface area (Å²) in [5, 5.41) is 10.6. The second kappa shape index (κ2) is 8.66. The fourth-order valence-corrected chi connectivity index (χ4v) is 3.73. The molecule has 0 aromatic heterocycles. The molecule has 0 aliphatic carbocycles. The molecule has 0 radical (unpaired) electrons. The van der Waals surface area contributed by atoms with Gasteiger partial charge in [-0.05, 0) is 53.4 Å². The lowest BCUT2D eigenvalue weighted by Crippen LogP contribution is -2.45. The number of hydrogen-bond donors (Lipinski definition) is 1. The topological polar surface area (TPSA) is 46.5 Å². The van der Waals surface area contributed by atoms with Crippen molar-refractivity contribution in [1.82, 2.24) is 0 Å². The first-order valence-electron chi connectivity index (χ1n) is 9.32. The summed E-state index contributed by atoms with van der Waals surface area (Å²) >= 11 is 5.96. The van der Waals surface area contributed by atoms with E-state index in [9.17, 15) is 9.90 Å². The Balaban J connectivity index is 2.04. The number of benzene rings is 3. The number of hydrogen-bond acceptors (Lipinski definition) is 2. The molecular weight excluding hydrogens is 391 g/mol. The van der Waals surface area contributed by atoms with Crippen LogP contribution < -0.4 is 4.74 Å². The van der Waals surface area contributed by atoms with Gasteiger partial charge in [-0.3, -0.25) is 4.79 Å². The van der Waals surface area contributed by atoms with Crippen molar-refractivity contribution in [3.63, 3.8) is 0 Å². The van der Waals surface area contributed by atoms with Gasteiger partial charge in [0.1, 0.15) is 23.1 Å². The van der Waals surface area contributed by atoms with Gasteiger partial charge in [0.15, 0.2) is 0 Å². The van der Waals surface area contributed by atoms with Crippen molar-refractivity contribution in [3.05, 3.63) is 95.0 Å². The molecule has 0 amide bonds. The van der Waals surface area contributed by atoms with Crippen molar-refractivity contribution < 1.29 is 19.0 Å². The molecule has 2 unspecified atom stereocenters. The summed E-state index contributed by atoms with van der Waals surface area (Å²) in [6, 6.07) is 22.0. The molecule has 29 heavy (non-hydrogen) atoms. The molecule has 0 saturated carbocycles. The van der Waals surface area contributed by atoms with Crippen LogP contribution in [0.2, 0.25) is 5.02 Å². The molecule has 1 N–H and O–H groups in total. The minimum atomic E-state index is -1.79. The van der Waals surface area contributed by atoms with E-state index in [1.807, 2.05) is 18.2 Å².